The van der Waals surface area contributed by atoms with Crippen molar-refractivity contribution in [2.75, 3.05) is 49.3 Å². The van der Waals surface area contributed by atoms with Gasteiger partial charge in [-0.05, 0) is 104 Å². The standard InChI is InChI=1S/C24H28BFN2O6S.C24H19FN6O5S.C6H3BrN4O/c1-23(2)24(3,4)34-25(33-23)17-12-16-19(13-18(17)28(6)35(7,30)31)32-21(20(16)22(29)27-5)14-8-10-15(26)11-9-14;1-26-23(32)19-15-8-14(16-10-27-22-20(30-16)24(33)29-11-28-22)17(31(2)37(3,34)35)9-18(15)36-21(19)12-4-6-13(25)7-5-12;7-3-1-8-5-4(11-3)6(12)10-2-9-5/h8-13H,1-7H3,(H,27,29);4-11H,1-3H3,(H,26,32)(H,27,28,29,33);1-2H,(H,8,9,10,12). The van der Waals surface area contributed by atoms with Crippen molar-refractivity contribution >= 4 is 116 Å². The van der Waals surface area contributed by atoms with Crippen LogP contribution in [0.25, 0.3) is 78.2 Å². The average molecular weight is 1250 g/mol. The Morgan fingerprint density at radius 2 is 1.06 bits per heavy atom. The Morgan fingerprint density at radius 1 is 0.631 bits per heavy atom. The first-order chi connectivity index (χ1) is 39.5. The molecule has 7 heterocycles. The largest absolute Gasteiger partial charge is 0.497 e. The Morgan fingerprint density at radius 3 is 1.52 bits per heavy atom. The van der Waals surface area contributed by atoms with E-state index in [4.69, 9.17) is 18.1 Å². The normalized spacial score (nSPS) is 13.8. The van der Waals surface area contributed by atoms with Gasteiger partial charge in [0, 0.05) is 73.2 Å². The minimum Gasteiger partial charge on any atom is -0.455 e. The number of anilines is 2. The molecule has 30 heteroatoms. The van der Waals surface area contributed by atoms with Gasteiger partial charge in [-0.3, -0.25) is 27.8 Å². The Hall–Kier alpha value is -8.84. The van der Waals surface area contributed by atoms with Gasteiger partial charge in [0.25, 0.3) is 22.9 Å². The number of aromatic amines is 2. The second kappa shape index (κ2) is 22.7. The number of benzene rings is 4. The molecule has 0 atom stereocenters. The first-order valence-electron chi connectivity index (χ1n) is 25.0. The number of nitrogens with one attached hydrogen (secondary N) is 4. The van der Waals surface area contributed by atoms with Crippen LogP contribution in [0.3, 0.4) is 0 Å². The minimum atomic E-state index is -3.74. The number of nitrogens with zero attached hydrogens (tertiary/aromatic N) is 8. The second-order valence-electron chi connectivity index (χ2n) is 19.9. The topological polar surface area (TPSA) is 321 Å². The van der Waals surface area contributed by atoms with Crippen LogP contribution in [-0.4, -0.2) is 128 Å². The summed E-state index contributed by atoms with van der Waals surface area (Å²) >= 11 is 3.11. The maximum Gasteiger partial charge on any atom is 0.497 e. The summed E-state index contributed by atoms with van der Waals surface area (Å²) in [4.78, 5) is 78.4. The Balaban J connectivity index is 0.000000168. The third kappa shape index (κ3) is 11.7. The molecular weight excluding hydrogens is 1200 g/mol. The summed E-state index contributed by atoms with van der Waals surface area (Å²) < 4.78 is 104. The zero-order valence-electron chi connectivity index (χ0n) is 46.2. The monoisotopic (exact) mass is 1250 g/mol. The fraction of sp³-hybridized carbons (Fsp3) is 0.222. The van der Waals surface area contributed by atoms with E-state index in [0.717, 1.165) is 21.1 Å². The summed E-state index contributed by atoms with van der Waals surface area (Å²) in [6.07, 6.45) is 7.47. The van der Waals surface area contributed by atoms with Gasteiger partial charge in [0.05, 0.1) is 77.0 Å². The van der Waals surface area contributed by atoms with Gasteiger partial charge in [0.2, 0.25) is 20.0 Å². The van der Waals surface area contributed by atoms with E-state index >= 15 is 0 Å². The summed E-state index contributed by atoms with van der Waals surface area (Å²) in [7, 11) is -2.57. The molecule has 0 unspecified atom stereocenters. The summed E-state index contributed by atoms with van der Waals surface area (Å²) in [5, 5.41) is 5.98. The van der Waals surface area contributed by atoms with Gasteiger partial charge in [-0.1, -0.05) is 0 Å². The molecule has 0 bridgehead atoms. The van der Waals surface area contributed by atoms with Crippen LogP contribution in [0, 0.1) is 11.6 Å². The minimum absolute atomic E-state index is 0.0428. The van der Waals surface area contributed by atoms with Crippen molar-refractivity contribution in [2.45, 2.75) is 38.9 Å². The molecule has 0 spiro atoms. The number of amides is 2. The van der Waals surface area contributed by atoms with E-state index in [0.29, 0.717) is 43.3 Å². The Labute approximate surface area is 485 Å². The predicted molar refractivity (Wildman–Crippen MR) is 315 cm³/mol. The van der Waals surface area contributed by atoms with Crippen molar-refractivity contribution in [3.05, 3.63) is 146 Å². The van der Waals surface area contributed by atoms with Gasteiger partial charge in [0.15, 0.2) is 22.3 Å². The predicted octanol–water partition coefficient (Wildman–Crippen LogP) is 6.46. The molecule has 24 nitrogen and oxygen atoms in total. The molecule has 1 saturated heterocycles. The van der Waals surface area contributed by atoms with Crippen LogP contribution in [0.15, 0.2) is 121 Å². The number of hydrogen-bond acceptors (Lipinski definition) is 18. The number of halogens is 3. The average Bonchev–Trinajstić information content (AvgIpc) is 2.22. The summed E-state index contributed by atoms with van der Waals surface area (Å²) in [6.45, 7) is 7.58. The molecule has 84 heavy (non-hydrogen) atoms. The fourth-order valence-corrected chi connectivity index (χ4v) is 9.96. The van der Waals surface area contributed by atoms with E-state index in [9.17, 15) is 44.8 Å². The fourth-order valence-electron chi connectivity index (χ4n) is 8.65. The zero-order valence-corrected chi connectivity index (χ0v) is 49.5. The molecule has 11 rings (SSSR count). The molecule has 0 aliphatic carbocycles. The lowest BCUT2D eigenvalue weighted by atomic mass is 9.77. The summed E-state index contributed by atoms with van der Waals surface area (Å²) in [5.74, 6) is -1.36. The van der Waals surface area contributed by atoms with E-state index in [2.05, 4.69) is 66.4 Å². The lowest BCUT2D eigenvalue weighted by Crippen LogP contribution is -2.41. The van der Waals surface area contributed by atoms with Crippen molar-refractivity contribution < 1.29 is 53.3 Å². The van der Waals surface area contributed by atoms with Gasteiger partial charge >= 0.3 is 7.12 Å². The molecule has 434 valence electrons. The number of rotatable bonds is 10. The van der Waals surface area contributed by atoms with Crippen LogP contribution < -0.4 is 35.8 Å². The number of carbonyl (C=O) groups is 2. The third-order valence-corrected chi connectivity index (χ3v) is 16.7. The number of sulfonamides is 2. The van der Waals surface area contributed by atoms with E-state index in [1.54, 1.807) is 18.2 Å². The highest BCUT2D eigenvalue weighted by molar-refractivity contribution is 9.10. The lowest BCUT2D eigenvalue weighted by Gasteiger charge is -2.32. The van der Waals surface area contributed by atoms with Crippen LogP contribution in [0.5, 0.6) is 0 Å². The van der Waals surface area contributed by atoms with Crippen molar-refractivity contribution in [1.29, 1.82) is 0 Å². The molecule has 4 N–H and O–H groups in total. The van der Waals surface area contributed by atoms with Gasteiger partial charge in [-0.15, -0.1) is 0 Å². The van der Waals surface area contributed by atoms with Gasteiger partial charge in [0.1, 0.15) is 38.9 Å². The maximum absolute atomic E-state index is 13.6. The number of carbonyl (C=O) groups excluding carboxylic acids is 2. The van der Waals surface area contributed by atoms with Crippen LogP contribution in [0.4, 0.5) is 20.2 Å². The molecule has 4 aromatic carbocycles. The lowest BCUT2D eigenvalue weighted by molar-refractivity contribution is 0.00578. The number of furan rings is 2. The number of H-pyrrole nitrogens is 2. The molecular formula is C54H50BBrF2N12O12S2. The van der Waals surface area contributed by atoms with Gasteiger partial charge in [-0.25, -0.2) is 55.5 Å². The van der Waals surface area contributed by atoms with E-state index in [-0.39, 0.29) is 73.0 Å². The smallest absolute Gasteiger partial charge is 0.455 e. The number of fused-ring (bicyclic) bond motifs is 4. The van der Waals surface area contributed by atoms with E-state index in [1.807, 2.05) is 27.7 Å². The summed E-state index contributed by atoms with van der Waals surface area (Å²) in [6, 6.07) is 17.2. The molecule has 1 aliphatic rings. The Bertz CT molecular complexity index is 4610. The van der Waals surface area contributed by atoms with Crippen LogP contribution in [-0.2, 0) is 29.4 Å². The number of aromatic nitrogens is 8. The van der Waals surface area contributed by atoms with Gasteiger partial charge in [-0.2, -0.15) is 0 Å². The quantitative estimate of drug-likeness (QED) is 0.107. The zero-order chi connectivity index (χ0) is 61.0. The first kappa shape index (κ1) is 59.8. The van der Waals surface area contributed by atoms with E-state index in [1.165, 1.54) is 108 Å². The molecule has 1 fully saturated rings. The van der Waals surface area contributed by atoms with Crippen LogP contribution in [0.1, 0.15) is 48.4 Å². The second-order valence-corrected chi connectivity index (χ2v) is 24.7. The molecule has 0 radical (unpaired) electrons. The molecule has 6 aromatic heterocycles. The van der Waals surface area contributed by atoms with Crippen LogP contribution >= 0.6 is 15.9 Å². The van der Waals surface area contributed by atoms with Crippen molar-refractivity contribution in [2.24, 2.45) is 0 Å². The highest BCUT2D eigenvalue weighted by atomic mass is 79.9. The van der Waals surface area contributed by atoms with Crippen molar-refractivity contribution in [3.63, 3.8) is 0 Å². The molecule has 2 amide bonds. The van der Waals surface area contributed by atoms with E-state index < -0.39 is 67.4 Å². The number of hydrogen-bond donors (Lipinski definition) is 4. The molecule has 10 aromatic rings. The van der Waals surface area contributed by atoms with Crippen molar-refractivity contribution in [3.8, 4) is 33.9 Å². The van der Waals surface area contributed by atoms with Gasteiger partial charge < -0.3 is 38.7 Å². The SMILES string of the molecule is CNC(=O)c1c(-c2ccc(F)cc2)oc2cc(N(C)S(C)(=O)=O)c(-c3cnc4nc[nH]c(=O)c4n3)cc12.CNC(=O)c1c(-c2ccc(F)cc2)oc2cc(N(C)S(C)(=O)=O)c(B3OC(C)(C)C(C)(C)O3)cc12.O=c1[nH]cnc2ncc(Br)nc12. The highest BCUT2D eigenvalue weighted by Gasteiger charge is 2.53. The Kier molecular flexibility index (Phi) is 16.2. The summed E-state index contributed by atoms with van der Waals surface area (Å²) in [5.41, 5.74) is 1.68. The molecule has 0 saturated carbocycles. The van der Waals surface area contributed by atoms with Crippen molar-refractivity contribution in [1.82, 2.24) is 50.5 Å². The first-order valence-corrected chi connectivity index (χ1v) is 29.5. The van der Waals surface area contributed by atoms with Crippen LogP contribution in [0.2, 0.25) is 0 Å². The third-order valence-electron chi connectivity index (χ3n) is 13.9. The highest BCUT2D eigenvalue weighted by Crippen LogP contribution is 2.42. The molecule has 1 aliphatic heterocycles. The maximum atomic E-state index is 13.6.